The first-order valence-electron chi connectivity index (χ1n) is 9.96. The summed E-state index contributed by atoms with van der Waals surface area (Å²) in [5.74, 6) is -2.18. The number of carbonyl (C=O) groups is 3. The van der Waals surface area contributed by atoms with Crippen LogP contribution in [0.4, 0.5) is 0 Å². The maximum Gasteiger partial charge on any atom is 0.289 e. The van der Waals surface area contributed by atoms with Crippen molar-refractivity contribution < 1.29 is 27.1 Å². The summed E-state index contributed by atoms with van der Waals surface area (Å²) < 4.78 is 31.0. The third-order valence-electron chi connectivity index (χ3n) is 7.62. The Morgan fingerprint density at radius 2 is 1.63 bits per heavy atom. The van der Waals surface area contributed by atoms with E-state index in [2.05, 4.69) is 0 Å². The number of carbonyl (C=O) groups excluding carboxylic acids is 3. The van der Waals surface area contributed by atoms with Gasteiger partial charge in [0.15, 0.2) is 0 Å². The molecule has 0 bridgehead atoms. The van der Waals surface area contributed by atoms with Gasteiger partial charge in [-0.3, -0.25) is 14.4 Å². The Labute approximate surface area is 174 Å². The van der Waals surface area contributed by atoms with Crippen molar-refractivity contribution in [3.63, 3.8) is 0 Å². The molecule has 156 valence electrons. The second kappa shape index (κ2) is 5.98. The van der Waals surface area contributed by atoms with Gasteiger partial charge in [0.2, 0.25) is 0 Å². The Morgan fingerprint density at radius 3 is 2.13 bits per heavy atom. The molecule has 5 rings (SSSR count). The number of ketones is 1. The quantitative estimate of drug-likeness (QED) is 0.696. The largest absolute Gasteiger partial charge is 0.299 e. The van der Waals surface area contributed by atoms with Crippen molar-refractivity contribution in [1.82, 2.24) is 5.06 Å². The molecule has 2 aliphatic carbocycles. The number of Topliss-reactive ketones (excluding diaryl/α,β-unsaturated/α-hetero) is 1. The number of hydrogen-bond acceptors (Lipinski definition) is 6. The van der Waals surface area contributed by atoms with Crippen LogP contribution in [0.3, 0.4) is 0 Å². The average molecular weight is 427 g/mol. The summed E-state index contributed by atoms with van der Waals surface area (Å²) in [4.78, 5) is 38.5. The Bertz CT molecular complexity index is 1200. The molecule has 2 amide bonds. The lowest BCUT2D eigenvalue weighted by Gasteiger charge is -2.54. The fraction of sp³-hybridized carbons (Fsp3) is 0.409. The van der Waals surface area contributed by atoms with Crippen LogP contribution in [0.5, 0.6) is 0 Å². The lowest BCUT2D eigenvalue weighted by molar-refractivity contribution is -0.138. The highest BCUT2D eigenvalue weighted by atomic mass is 32.2. The van der Waals surface area contributed by atoms with Crippen molar-refractivity contribution >= 4 is 38.5 Å². The van der Waals surface area contributed by atoms with E-state index in [1.807, 2.05) is 13.8 Å². The van der Waals surface area contributed by atoms with E-state index < -0.39 is 38.5 Å². The molecule has 0 radical (unpaired) electrons. The number of amides is 2. The Kier molecular flexibility index (Phi) is 3.87. The van der Waals surface area contributed by atoms with E-state index in [0.29, 0.717) is 28.7 Å². The number of hydroxylamine groups is 2. The molecule has 0 N–H and O–H groups in total. The van der Waals surface area contributed by atoms with Gasteiger partial charge in [0.05, 0.1) is 22.3 Å². The van der Waals surface area contributed by atoms with E-state index in [1.54, 1.807) is 24.3 Å². The smallest absolute Gasteiger partial charge is 0.289 e. The third kappa shape index (κ3) is 2.34. The van der Waals surface area contributed by atoms with Gasteiger partial charge < -0.3 is 0 Å². The number of benzene rings is 2. The van der Waals surface area contributed by atoms with Crippen LogP contribution in [-0.4, -0.2) is 36.8 Å². The van der Waals surface area contributed by atoms with Gasteiger partial charge in [-0.05, 0) is 41.7 Å². The van der Waals surface area contributed by atoms with Crippen molar-refractivity contribution in [2.45, 2.75) is 33.1 Å². The number of imide groups is 1. The van der Waals surface area contributed by atoms with E-state index in [9.17, 15) is 22.8 Å². The van der Waals surface area contributed by atoms with Crippen LogP contribution in [0.1, 0.15) is 53.8 Å². The highest BCUT2D eigenvalue weighted by Gasteiger charge is 2.68. The summed E-state index contributed by atoms with van der Waals surface area (Å²) in [6, 6.07) is 9.96. The van der Waals surface area contributed by atoms with Gasteiger partial charge in [-0.15, -0.1) is 9.35 Å². The average Bonchev–Trinajstić information content (AvgIpc) is 2.82. The van der Waals surface area contributed by atoms with Gasteiger partial charge in [0, 0.05) is 11.8 Å². The normalized spacial score (nSPS) is 30.5. The van der Waals surface area contributed by atoms with Gasteiger partial charge >= 0.3 is 0 Å². The SMILES string of the molecule is CC1CC(=O)C2(CS(=O)(=O)ON3C(=O)c4cccc5cccc(c45)C3=O)CCC12C. The molecule has 1 heterocycles. The minimum Gasteiger partial charge on any atom is -0.299 e. The minimum absolute atomic E-state index is 0.0803. The molecule has 2 aromatic rings. The molecule has 0 aromatic heterocycles. The molecule has 0 spiro atoms. The number of fused-ring (bicyclic) bond motifs is 1. The molecule has 3 atom stereocenters. The molecular formula is C22H21NO6S. The van der Waals surface area contributed by atoms with Crippen molar-refractivity contribution in [2.24, 2.45) is 16.7 Å². The molecule has 2 fully saturated rings. The predicted molar refractivity (Wildman–Crippen MR) is 108 cm³/mol. The summed E-state index contributed by atoms with van der Waals surface area (Å²) in [6.45, 7) is 3.90. The first-order chi connectivity index (χ1) is 14.1. The lowest BCUT2D eigenvalue weighted by Crippen LogP contribution is -2.56. The molecule has 0 saturated heterocycles. The number of hydrogen-bond donors (Lipinski definition) is 0. The van der Waals surface area contributed by atoms with Gasteiger partial charge in [-0.1, -0.05) is 38.1 Å². The topological polar surface area (TPSA) is 97.8 Å². The second-order valence-corrected chi connectivity index (χ2v) is 10.5. The van der Waals surface area contributed by atoms with Crippen molar-refractivity contribution in [3.05, 3.63) is 47.5 Å². The summed E-state index contributed by atoms with van der Waals surface area (Å²) in [5.41, 5.74) is -1.01. The Hall–Kier alpha value is -2.58. The summed E-state index contributed by atoms with van der Waals surface area (Å²) >= 11 is 0. The van der Waals surface area contributed by atoms with Gasteiger partial charge in [-0.2, -0.15) is 8.42 Å². The standard InChI is InChI=1S/C22H21NO6S/c1-13-11-17(24)22(10-9-21(13,22)2)12-30(27,28)29-23-19(25)15-7-3-5-14-6-4-8-16(18(14)15)20(23)26/h3-8,13H,9-12H2,1-2H3. The molecule has 1 aliphatic heterocycles. The molecule has 3 aliphatic rings. The summed E-state index contributed by atoms with van der Waals surface area (Å²) in [6.07, 6.45) is 1.58. The monoisotopic (exact) mass is 427 g/mol. The van der Waals surface area contributed by atoms with Gasteiger partial charge in [-0.25, -0.2) is 0 Å². The van der Waals surface area contributed by atoms with E-state index in [0.717, 1.165) is 6.42 Å². The van der Waals surface area contributed by atoms with E-state index in [1.165, 1.54) is 12.1 Å². The molecule has 2 saturated carbocycles. The maximum atomic E-state index is 13.0. The van der Waals surface area contributed by atoms with Gasteiger partial charge in [0.1, 0.15) is 5.78 Å². The fourth-order valence-corrected chi connectivity index (χ4v) is 7.19. The van der Waals surface area contributed by atoms with E-state index in [-0.39, 0.29) is 22.8 Å². The van der Waals surface area contributed by atoms with Crippen LogP contribution in [-0.2, 0) is 19.2 Å². The molecule has 30 heavy (non-hydrogen) atoms. The predicted octanol–water partition coefficient (Wildman–Crippen LogP) is 3.09. The zero-order valence-electron chi connectivity index (χ0n) is 16.7. The van der Waals surface area contributed by atoms with Crippen molar-refractivity contribution in [2.75, 3.05) is 5.75 Å². The molecular weight excluding hydrogens is 406 g/mol. The Balaban J connectivity index is 1.48. The highest BCUT2D eigenvalue weighted by molar-refractivity contribution is 7.86. The van der Waals surface area contributed by atoms with E-state index >= 15 is 0 Å². The molecule has 2 aromatic carbocycles. The lowest BCUT2D eigenvalue weighted by atomic mass is 9.50. The van der Waals surface area contributed by atoms with Crippen LogP contribution < -0.4 is 0 Å². The summed E-state index contributed by atoms with van der Waals surface area (Å²) in [5, 5.41) is 1.52. The fourth-order valence-electron chi connectivity index (χ4n) is 5.53. The number of nitrogens with zero attached hydrogens (tertiary/aromatic N) is 1. The van der Waals surface area contributed by atoms with E-state index in [4.69, 9.17) is 4.28 Å². The molecule has 8 heteroatoms. The first kappa shape index (κ1) is 19.4. The van der Waals surface area contributed by atoms with Crippen LogP contribution in [0, 0.1) is 16.7 Å². The maximum absolute atomic E-state index is 13.0. The Morgan fingerprint density at radius 1 is 1.03 bits per heavy atom. The minimum atomic E-state index is -4.37. The van der Waals surface area contributed by atoms with Crippen LogP contribution in [0.2, 0.25) is 0 Å². The first-order valence-corrected chi connectivity index (χ1v) is 11.5. The second-order valence-electron chi connectivity index (χ2n) is 8.92. The van der Waals surface area contributed by atoms with Crippen LogP contribution in [0.15, 0.2) is 36.4 Å². The van der Waals surface area contributed by atoms with Crippen molar-refractivity contribution in [3.8, 4) is 0 Å². The van der Waals surface area contributed by atoms with Crippen molar-refractivity contribution in [1.29, 1.82) is 0 Å². The highest BCUT2D eigenvalue weighted by Crippen LogP contribution is 2.67. The zero-order valence-corrected chi connectivity index (χ0v) is 17.5. The summed E-state index contributed by atoms with van der Waals surface area (Å²) in [7, 11) is -4.37. The molecule has 7 nitrogen and oxygen atoms in total. The van der Waals surface area contributed by atoms with Crippen LogP contribution in [0.25, 0.3) is 10.8 Å². The zero-order chi connectivity index (χ0) is 21.5. The number of rotatable bonds is 4. The van der Waals surface area contributed by atoms with Gasteiger partial charge in [0.25, 0.3) is 21.9 Å². The van der Waals surface area contributed by atoms with Crippen LogP contribution >= 0.6 is 0 Å². The third-order valence-corrected chi connectivity index (χ3v) is 8.85. The molecule has 3 unspecified atom stereocenters.